The van der Waals surface area contributed by atoms with Crippen LogP contribution in [0.1, 0.15) is 11.4 Å². The molecule has 2 aromatic heterocycles. The molecule has 1 N–H and O–H groups in total. The SMILES string of the molecule is Cc1nn(-c2ccccc2)c(C)c1NC(=O)CSc1nc2ccccc2c(=O)n1C. The number of fused-ring (bicyclic) bond motifs is 1. The summed E-state index contributed by atoms with van der Waals surface area (Å²) in [6.07, 6.45) is 0. The fourth-order valence-corrected chi connectivity index (χ4v) is 4.05. The third kappa shape index (κ3) is 3.73. The van der Waals surface area contributed by atoms with Crippen molar-refractivity contribution in [1.82, 2.24) is 19.3 Å². The molecular weight excluding hydrogens is 398 g/mol. The van der Waals surface area contributed by atoms with Gasteiger partial charge in [-0.1, -0.05) is 42.1 Å². The first-order valence-electron chi connectivity index (χ1n) is 9.46. The molecule has 8 heteroatoms. The molecule has 0 radical (unpaired) electrons. The van der Waals surface area contributed by atoms with E-state index in [2.05, 4.69) is 15.4 Å². The van der Waals surface area contributed by atoms with E-state index in [0.29, 0.717) is 21.7 Å². The summed E-state index contributed by atoms with van der Waals surface area (Å²) in [4.78, 5) is 29.6. The molecule has 0 aliphatic carbocycles. The number of carbonyl (C=O) groups is 1. The highest BCUT2D eigenvalue weighted by molar-refractivity contribution is 7.99. The number of aromatic nitrogens is 4. The van der Waals surface area contributed by atoms with Crippen LogP contribution in [-0.2, 0) is 11.8 Å². The van der Waals surface area contributed by atoms with Crippen molar-refractivity contribution in [3.63, 3.8) is 0 Å². The lowest BCUT2D eigenvalue weighted by Crippen LogP contribution is -2.21. The Labute approximate surface area is 177 Å². The van der Waals surface area contributed by atoms with Gasteiger partial charge in [0.2, 0.25) is 5.91 Å². The van der Waals surface area contributed by atoms with Crippen LogP contribution < -0.4 is 10.9 Å². The van der Waals surface area contributed by atoms with E-state index in [4.69, 9.17) is 0 Å². The van der Waals surface area contributed by atoms with Crippen molar-refractivity contribution < 1.29 is 4.79 Å². The number of nitrogens with one attached hydrogen (secondary N) is 1. The number of rotatable bonds is 5. The Morgan fingerprint density at radius 1 is 1.07 bits per heavy atom. The fourth-order valence-electron chi connectivity index (χ4n) is 3.28. The molecule has 0 unspecified atom stereocenters. The first kappa shape index (κ1) is 19.9. The van der Waals surface area contributed by atoms with Crippen molar-refractivity contribution in [3.05, 3.63) is 76.3 Å². The highest BCUT2D eigenvalue weighted by Crippen LogP contribution is 2.23. The number of anilines is 1. The predicted molar refractivity (Wildman–Crippen MR) is 119 cm³/mol. The number of thioether (sulfide) groups is 1. The maximum Gasteiger partial charge on any atom is 0.261 e. The molecule has 0 saturated heterocycles. The summed E-state index contributed by atoms with van der Waals surface area (Å²) < 4.78 is 3.29. The van der Waals surface area contributed by atoms with E-state index in [9.17, 15) is 9.59 Å². The van der Waals surface area contributed by atoms with Gasteiger partial charge in [0.25, 0.3) is 5.56 Å². The molecule has 0 aliphatic rings. The normalized spacial score (nSPS) is 11.0. The van der Waals surface area contributed by atoms with Crippen LogP contribution in [-0.4, -0.2) is 31.0 Å². The van der Waals surface area contributed by atoms with Gasteiger partial charge in [-0.15, -0.1) is 0 Å². The van der Waals surface area contributed by atoms with Crippen molar-refractivity contribution in [3.8, 4) is 5.69 Å². The minimum Gasteiger partial charge on any atom is -0.322 e. The molecular formula is C22H21N5O2S. The molecule has 0 atom stereocenters. The molecule has 0 spiro atoms. The number of hydrogen-bond donors (Lipinski definition) is 1. The Kier molecular flexibility index (Phi) is 5.41. The van der Waals surface area contributed by atoms with Gasteiger partial charge in [-0.25, -0.2) is 9.67 Å². The maximum absolute atomic E-state index is 12.6. The van der Waals surface area contributed by atoms with E-state index >= 15 is 0 Å². The Morgan fingerprint density at radius 2 is 1.77 bits per heavy atom. The zero-order valence-electron chi connectivity index (χ0n) is 16.9. The molecule has 1 amide bonds. The van der Waals surface area contributed by atoms with Gasteiger partial charge in [-0.05, 0) is 38.1 Å². The summed E-state index contributed by atoms with van der Waals surface area (Å²) >= 11 is 1.23. The number of amides is 1. The highest BCUT2D eigenvalue weighted by Gasteiger charge is 2.16. The number of benzene rings is 2. The number of aryl methyl sites for hydroxylation is 1. The number of nitrogens with zero attached hydrogens (tertiary/aromatic N) is 4. The van der Waals surface area contributed by atoms with Crippen molar-refractivity contribution >= 4 is 34.3 Å². The first-order chi connectivity index (χ1) is 14.5. The zero-order chi connectivity index (χ0) is 21.3. The predicted octanol–water partition coefficient (Wildman–Crippen LogP) is 3.47. The summed E-state index contributed by atoms with van der Waals surface area (Å²) in [5.74, 6) is -0.0465. The van der Waals surface area contributed by atoms with Crippen LogP contribution in [0.25, 0.3) is 16.6 Å². The summed E-state index contributed by atoms with van der Waals surface area (Å²) in [5.41, 5.74) is 3.73. The summed E-state index contributed by atoms with van der Waals surface area (Å²) in [7, 11) is 1.67. The fraction of sp³-hybridized carbons (Fsp3) is 0.182. The largest absolute Gasteiger partial charge is 0.322 e. The van der Waals surface area contributed by atoms with Crippen molar-refractivity contribution in [2.75, 3.05) is 11.1 Å². The van der Waals surface area contributed by atoms with Gasteiger partial charge in [0.1, 0.15) is 0 Å². The molecule has 4 rings (SSSR count). The average molecular weight is 420 g/mol. The highest BCUT2D eigenvalue weighted by atomic mass is 32.2. The zero-order valence-corrected chi connectivity index (χ0v) is 17.7. The van der Waals surface area contributed by atoms with Gasteiger partial charge in [0.15, 0.2) is 5.16 Å². The van der Waals surface area contributed by atoms with Crippen LogP contribution in [0.5, 0.6) is 0 Å². The van der Waals surface area contributed by atoms with Crippen LogP contribution in [0.4, 0.5) is 5.69 Å². The summed E-state index contributed by atoms with van der Waals surface area (Å²) in [5, 5.41) is 8.57. The second-order valence-electron chi connectivity index (χ2n) is 6.91. The lowest BCUT2D eigenvalue weighted by Gasteiger charge is -2.09. The molecule has 30 heavy (non-hydrogen) atoms. The van der Waals surface area contributed by atoms with Gasteiger partial charge < -0.3 is 5.32 Å². The number of para-hydroxylation sites is 2. The molecule has 0 fully saturated rings. The summed E-state index contributed by atoms with van der Waals surface area (Å²) in [6.45, 7) is 3.79. The van der Waals surface area contributed by atoms with Crippen LogP contribution >= 0.6 is 11.8 Å². The molecule has 152 valence electrons. The molecule has 7 nitrogen and oxygen atoms in total. The van der Waals surface area contributed by atoms with E-state index in [0.717, 1.165) is 17.1 Å². The number of carbonyl (C=O) groups excluding carboxylic acids is 1. The Hall–Kier alpha value is -3.39. The first-order valence-corrected chi connectivity index (χ1v) is 10.4. The van der Waals surface area contributed by atoms with Gasteiger partial charge in [-0.2, -0.15) is 5.10 Å². The molecule has 0 aliphatic heterocycles. The van der Waals surface area contributed by atoms with Crippen molar-refractivity contribution in [2.24, 2.45) is 7.05 Å². The molecule has 0 bridgehead atoms. The maximum atomic E-state index is 12.6. The monoisotopic (exact) mass is 419 g/mol. The van der Waals surface area contributed by atoms with Crippen LogP contribution in [0.15, 0.2) is 64.5 Å². The third-order valence-corrected chi connectivity index (χ3v) is 5.86. The van der Waals surface area contributed by atoms with Gasteiger partial charge in [0.05, 0.1) is 39.4 Å². The van der Waals surface area contributed by atoms with Gasteiger partial charge in [-0.3, -0.25) is 14.2 Å². The Bertz CT molecular complexity index is 1290. The molecule has 0 saturated carbocycles. The Morgan fingerprint density at radius 3 is 2.53 bits per heavy atom. The minimum atomic E-state index is -0.179. The van der Waals surface area contributed by atoms with E-state index in [1.165, 1.54) is 16.3 Å². The summed E-state index contributed by atoms with van der Waals surface area (Å²) in [6, 6.07) is 17.0. The lowest BCUT2D eigenvalue weighted by atomic mass is 10.2. The van der Waals surface area contributed by atoms with E-state index in [1.807, 2.05) is 61.0 Å². The third-order valence-electron chi connectivity index (χ3n) is 4.83. The van der Waals surface area contributed by atoms with Crippen molar-refractivity contribution in [1.29, 1.82) is 0 Å². The molecule has 2 heterocycles. The average Bonchev–Trinajstić information content (AvgIpc) is 3.04. The number of hydrogen-bond acceptors (Lipinski definition) is 5. The minimum absolute atomic E-state index is 0.126. The van der Waals surface area contributed by atoms with Crippen LogP contribution in [0.2, 0.25) is 0 Å². The quantitative estimate of drug-likeness (QED) is 0.396. The van der Waals surface area contributed by atoms with Crippen LogP contribution in [0.3, 0.4) is 0 Å². The standard InChI is InChI=1S/C22H21N5O2S/c1-14-20(15(2)27(25-14)16-9-5-4-6-10-16)24-19(28)13-30-22-23-18-12-8-7-11-17(18)21(29)26(22)3/h4-12H,13H2,1-3H3,(H,24,28). The lowest BCUT2D eigenvalue weighted by molar-refractivity contribution is -0.113. The second-order valence-corrected chi connectivity index (χ2v) is 7.85. The molecule has 4 aromatic rings. The van der Waals surface area contributed by atoms with E-state index in [1.54, 1.807) is 19.2 Å². The van der Waals surface area contributed by atoms with E-state index < -0.39 is 0 Å². The second kappa shape index (κ2) is 8.16. The van der Waals surface area contributed by atoms with Gasteiger partial charge >= 0.3 is 0 Å². The van der Waals surface area contributed by atoms with Crippen molar-refractivity contribution in [2.45, 2.75) is 19.0 Å². The van der Waals surface area contributed by atoms with E-state index in [-0.39, 0.29) is 17.2 Å². The topological polar surface area (TPSA) is 81.8 Å². The Balaban J connectivity index is 1.51. The van der Waals surface area contributed by atoms with Crippen LogP contribution in [0, 0.1) is 13.8 Å². The smallest absolute Gasteiger partial charge is 0.261 e. The molecule has 2 aromatic carbocycles. The van der Waals surface area contributed by atoms with Gasteiger partial charge in [0, 0.05) is 7.05 Å².